The minimum absolute atomic E-state index is 0.00851. The molecular formula is C26H25FN4O3S. The van der Waals surface area contributed by atoms with Gasteiger partial charge >= 0.3 is 0 Å². The zero-order chi connectivity index (χ0) is 25.2. The molecule has 180 valence electrons. The fourth-order valence-corrected chi connectivity index (χ4v) is 4.55. The van der Waals surface area contributed by atoms with Crippen molar-refractivity contribution in [3.05, 3.63) is 89.8 Å². The normalized spacial score (nSPS) is 14.1. The molecule has 9 heteroatoms. The molecule has 0 radical (unpaired) electrons. The van der Waals surface area contributed by atoms with Crippen LogP contribution in [0.3, 0.4) is 0 Å². The van der Waals surface area contributed by atoms with Crippen LogP contribution in [0.2, 0.25) is 0 Å². The van der Waals surface area contributed by atoms with E-state index in [-0.39, 0.29) is 10.5 Å². The van der Waals surface area contributed by atoms with E-state index >= 15 is 0 Å². The highest BCUT2D eigenvalue weighted by Crippen LogP contribution is 2.28. The Balaban J connectivity index is 1.52. The lowest BCUT2D eigenvalue weighted by Crippen LogP contribution is -2.42. The lowest BCUT2D eigenvalue weighted by atomic mass is 10.0. The first kappa shape index (κ1) is 24.3. The molecule has 1 aliphatic heterocycles. The van der Waals surface area contributed by atoms with Crippen molar-refractivity contribution in [3.63, 3.8) is 0 Å². The number of nitrogens with one attached hydrogen (secondary N) is 2. The van der Waals surface area contributed by atoms with Crippen LogP contribution in [-0.4, -0.2) is 38.2 Å². The highest BCUT2D eigenvalue weighted by Gasteiger charge is 2.20. The lowest BCUT2D eigenvalue weighted by molar-refractivity contribution is -0.114. The molecule has 0 atom stereocenters. The molecular weight excluding hydrogens is 467 g/mol. The van der Waals surface area contributed by atoms with E-state index in [2.05, 4.69) is 5.32 Å². The van der Waals surface area contributed by atoms with Crippen molar-refractivity contribution in [3.8, 4) is 11.1 Å². The summed E-state index contributed by atoms with van der Waals surface area (Å²) in [7, 11) is -3.91. The third kappa shape index (κ3) is 5.31. The number of sulfonamides is 1. The molecule has 0 aliphatic carbocycles. The maximum atomic E-state index is 15.0. The molecule has 1 saturated heterocycles. The Morgan fingerprint density at radius 1 is 1.00 bits per heavy atom. The van der Waals surface area contributed by atoms with Gasteiger partial charge in [-0.1, -0.05) is 48.5 Å². The summed E-state index contributed by atoms with van der Waals surface area (Å²) in [5.41, 5.74) is 2.72. The van der Waals surface area contributed by atoms with Gasteiger partial charge < -0.3 is 10.2 Å². The van der Waals surface area contributed by atoms with Crippen LogP contribution in [0.25, 0.3) is 16.7 Å². The maximum Gasteiger partial charge on any atom is 0.284 e. The van der Waals surface area contributed by atoms with Gasteiger partial charge in [-0.25, -0.2) is 17.9 Å². The van der Waals surface area contributed by atoms with Gasteiger partial charge in [0, 0.05) is 29.9 Å². The van der Waals surface area contributed by atoms with Crippen LogP contribution >= 0.6 is 0 Å². The van der Waals surface area contributed by atoms with Crippen molar-refractivity contribution in [1.29, 1.82) is 5.41 Å². The number of likely N-dealkylation sites (tertiary alicyclic amines) is 1. The number of hydrogen-bond donors (Lipinski definition) is 3. The summed E-state index contributed by atoms with van der Waals surface area (Å²) < 4.78 is 38.7. The number of hydrogen-bond acceptors (Lipinski definition) is 4. The molecule has 0 spiro atoms. The second-order valence-electron chi connectivity index (χ2n) is 8.28. The summed E-state index contributed by atoms with van der Waals surface area (Å²) in [6.07, 6.45) is 1.05. The van der Waals surface area contributed by atoms with Crippen LogP contribution in [-0.2, 0) is 14.8 Å². The van der Waals surface area contributed by atoms with Gasteiger partial charge in [-0.05, 0) is 54.3 Å². The van der Waals surface area contributed by atoms with Gasteiger partial charge in [-0.15, -0.1) is 0 Å². The van der Waals surface area contributed by atoms with Crippen LogP contribution in [0.5, 0.6) is 0 Å². The summed E-state index contributed by atoms with van der Waals surface area (Å²) in [4.78, 5) is 14.5. The topological polar surface area (TPSA) is 116 Å². The molecule has 1 aliphatic rings. The fourth-order valence-electron chi connectivity index (χ4n) is 3.79. The molecule has 1 fully saturated rings. The maximum absolute atomic E-state index is 15.0. The Hall–Kier alpha value is -3.82. The van der Waals surface area contributed by atoms with E-state index in [4.69, 9.17) is 10.5 Å². The first-order valence-electron chi connectivity index (χ1n) is 11.0. The molecule has 4 rings (SSSR count). The number of amidine groups is 1. The molecule has 1 heterocycles. The van der Waals surface area contributed by atoms with E-state index in [9.17, 15) is 17.6 Å². The highest BCUT2D eigenvalue weighted by molar-refractivity contribution is 7.89. The van der Waals surface area contributed by atoms with Gasteiger partial charge in [-0.2, -0.15) is 0 Å². The third-order valence-electron chi connectivity index (χ3n) is 5.92. The zero-order valence-corrected chi connectivity index (χ0v) is 19.9. The van der Waals surface area contributed by atoms with Crippen LogP contribution in [0.15, 0.2) is 83.5 Å². The molecule has 7 nitrogen and oxygen atoms in total. The predicted molar refractivity (Wildman–Crippen MR) is 135 cm³/mol. The standard InChI is InChI=1S/C26H25FN4O3S/c1-17(19-6-4-7-20(16-19)25(28)31-14-5-15-31)24(27)26(32)30-21-12-10-18(11-13-21)22-8-2-3-9-23(22)35(29,33)34/h2-4,6-13,16,28H,5,14-15H2,1H3,(H,30,32)(H2,29,33,34)/b24-17+,28-25?. The first-order chi connectivity index (χ1) is 16.6. The Morgan fingerprint density at radius 3 is 2.29 bits per heavy atom. The minimum atomic E-state index is -3.91. The third-order valence-corrected chi connectivity index (χ3v) is 6.89. The van der Waals surface area contributed by atoms with Crippen LogP contribution in [0.4, 0.5) is 10.1 Å². The average molecular weight is 493 g/mol. The quantitative estimate of drug-likeness (QED) is 0.269. The average Bonchev–Trinajstić information content (AvgIpc) is 2.82. The Bertz CT molecular complexity index is 1430. The van der Waals surface area contributed by atoms with Crippen molar-refractivity contribution in [2.75, 3.05) is 18.4 Å². The summed E-state index contributed by atoms with van der Waals surface area (Å²) >= 11 is 0. The smallest absolute Gasteiger partial charge is 0.284 e. The first-order valence-corrected chi connectivity index (χ1v) is 12.5. The molecule has 0 bridgehead atoms. The Kier molecular flexibility index (Phi) is 6.81. The van der Waals surface area contributed by atoms with Crippen molar-refractivity contribution in [1.82, 2.24) is 4.90 Å². The molecule has 4 N–H and O–H groups in total. The molecule has 3 aromatic carbocycles. The van der Waals surface area contributed by atoms with E-state index in [1.54, 1.807) is 66.7 Å². The van der Waals surface area contributed by atoms with Gasteiger partial charge in [0.15, 0.2) is 5.83 Å². The number of nitrogens with two attached hydrogens (primary N) is 1. The van der Waals surface area contributed by atoms with Crippen LogP contribution in [0, 0.1) is 5.41 Å². The molecule has 0 unspecified atom stereocenters. The molecule has 3 aromatic rings. The highest BCUT2D eigenvalue weighted by atomic mass is 32.2. The number of nitrogens with zero attached hydrogens (tertiary/aromatic N) is 1. The lowest BCUT2D eigenvalue weighted by Gasteiger charge is -2.33. The number of carbonyl (C=O) groups is 1. The van der Waals surface area contributed by atoms with Crippen LogP contribution < -0.4 is 10.5 Å². The summed E-state index contributed by atoms with van der Waals surface area (Å²) in [5, 5.41) is 16.1. The van der Waals surface area contributed by atoms with Gasteiger partial charge in [0.25, 0.3) is 5.91 Å². The van der Waals surface area contributed by atoms with E-state index in [1.165, 1.54) is 13.0 Å². The van der Waals surface area contributed by atoms with Crippen molar-refractivity contribution in [2.45, 2.75) is 18.2 Å². The number of primary sulfonamides is 1. The number of benzene rings is 3. The molecule has 1 amide bonds. The number of carbonyl (C=O) groups excluding carboxylic acids is 1. The monoisotopic (exact) mass is 492 g/mol. The van der Waals surface area contributed by atoms with Gasteiger partial charge in [-0.3, -0.25) is 10.2 Å². The minimum Gasteiger partial charge on any atom is -0.356 e. The van der Waals surface area contributed by atoms with Crippen LogP contribution in [0.1, 0.15) is 24.5 Å². The molecule has 35 heavy (non-hydrogen) atoms. The van der Waals surface area contributed by atoms with Gasteiger partial charge in [0.05, 0.1) is 4.90 Å². The Morgan fingerprint density at radius 2 is 1.66 bits per heavy atom. The van der Waals surface area contributed by atoms with Gasteiger partial charge in [0.2, 0.25) is 10.0 Å². The molecule has 0 aromatic heterocycles. The Labute approximate surface area is 203 Å². The van der Waals surface area contributed by atoms with E-state index < -0.39 is 21.8 Å². The zero-order valence-electron chi connectivity index (χ0n) is 19.1. The largest absolute Gasteiger partial charge is 0.356 e. The second kappa shape index (κ2) is 9.81. The van der Waals surface area contributed by atoms with Crippen molar-refractivity contribution < 1.29 is 17.6 Å². The van der Waals surface area contributed by atoms with Gasteiger partial charge in [0.1, 0.15) is 5.84 Å². The summed E-state index contributed by atoms with van der Waals surface area (Å²) in [6, 6.07) is 19.7. The summed E-state index contributed by atoms with van der Waals surface area (Å²) in [5.74, 6) is -1.44. The van der Waals surface area contributed by atoms with E-state index in [1.807, 2.05) is 4.90 Å². The van der Waals surface area contributed by atoms with Crippen molar-refractivity contribution >= 4 is 33.0 Å². The number of allylic oxidation sites excluding steroid dienone is 1. The SMILES string of the molecule is C/C(=C(\F)C(=O)Nc1ccc(-c2ccccc2S(N)(=O)=O)cc1)c1cccc(C(=N)N2CCC2)c1. The number of rotatable bonds is 6. The molecule has 0 saturated carbocycles. The number of anilines is 1. The summed E-state index contributed by atoms with van der Waals surface area (Å²) in [6.45, 7) is 3.19. The fraction of sp³-hybridized carbons (Fsp3) is 0.154. The number of amides is 1. The van der Waals surface area contributed by atoms with Crippen molar-refractivity contribution in [2.24, 2.45) is 5.14 Å². The predicted octanol–water partition coefficient (Wildman–Crippen LogP) is 4.37. The number of halogens is 1. The van der Waals surface area contributed by atoms with E-state index in [0.29, 0.717) is 33.8 Å². The van der Waals surface area contributed by atoms with E-state index in [0.717, 1.165) is 19.5 Å². The second-order valence-corrected chi connectivity index (χ2v) is 9.81.